The molecule has 0 spiro atoms. The monoisotopic (exact) mass is 732 g/mol. The topological polar surface area (TPSA) is 43.6 Å². The Hall–Kier alpha value is -7.43. The lowest BCUT2D eigenvalue weighted by atomic mass is 9.91. The Morgan fingerprint density at radius 2 is 0.800 bits per heavy atom. The maximum atomic E-state index is 9.66. The van der Waals surface area contributed by atoms with Crippen LogP contribution in [0.15, 0.2) is 193 Å². The van der Waals surface area contributed by atoms with Crippen LogP contribution in [0.25, 0.3) is 105 Å². The van der Waals surface area contributed by atoms with Crippen molar-refractivity contribution in [2.24, 2.45) is 0 Å². The summed E-state index contributed by atoms with van der Waals surface area (Å²) in [5.74, 6) is -2.88. The van der Waals surface area contributed by atoms with Gasteiger partial charge < -0.3 is 4.57 Å². The summed E-state index contributed by atoms with van der Waals surface area (Å²) in [5, 5.41) is -4.77. The van der Waals surface area contributed by atoms with Gasteiger partial charge in [-0.05, 0) is 80.4 Å². The van der Waals surface area contributed by atoms with Crippen LogP contribution in [0.5, 0.6) is 0 Å². The molecule has 256 valence electrons. The van der Waals surface area contributed by atoms with Crippen LogP contribution in [0.1, 0.15) is 43.9 Å². The van der Waals surface area contributed by atoms with E-state index in [-0.39, 0.29) is 0 Å². The summed E-state index contributed by atoms with van der Waals surface area (Å²) < 4.78 is 287. The molecule has 0 aliphatic carbocycles. The quantitative estimate of drug-likeness (QED) is 0.166. The van der Waals surface area contributed by atoms with Crippen molar-refractivity contribution in [3.05, 3.63) is 193 Å². The molecule has 0 aliphatic rings. The van der Waals surface area contributed by atoms with E-state index in [1.165, 1.54) is 0 Å². The molecule has 2 heterocycles. The van der Waals surface area contributed by atoms with E-state index in [0.717, 1.165) is 0 Å². The number of benzene rings is 9. The highest BCUT2D eigenvalue weighted by Crippen LogP contribution is 2.40. The Balaban J connectivity index is 1.32. The Morgan fingerprint density at radius 1 is 0.327 bits per heavy atom. The third-order valence-electron chi connectivity index (χ3n) is 8.55. The van der Waals surface area contributed by atoms with Crippen molar-refractivity contribution in [1.82, 2.24) is 19.5 Å². The van der Waals surface area contributed by atoms with Crippen LogP contribution < -0.4 is 0 Å². The van der Waals surface area contributed by atoms with E-state index in [1.54, 1.807) is 0 Å². The Labute approximate surface area is 362 Å². The fraction of sp³-hybridized carbons (Fsp3) is 0. The summed E-state index contributed by atoms with van der Waals surface area (Å²) in [5.41, 5.74) is -6.40. The van der Waals surface area contributed by atoms with Crippen molar-refractivity contribution < 1.29 is 43.9 Å². The van der Waals surface area contributed by atoms with Crippen LogP contribution in [0, 0.1) is 0 Å². The second-order valence-corrected chi connectivity index (χ2v) is 11.6. The van der Waals surface area contributed by atoms with Gasteiger partial charge in [0.05, 0.1) is 54.9 Å². The minimum atomic E-state index is -1.16. The summed E-state index contributed by atoms with van der Waals surface area (Å²) >= 11 is 0. The molecule has 0 amide bonds. The van der Waals surface area contributed by atoms with Gasteiger partial charge in [0.1, 0.15) is 0 Å². The highest BCUT2D eigenvalue weighted by molar-refractivity contribution is 6.28. The van der Waals surface area contributed by atoms with Crippen molar-refractivity contribution in [3.8, 4) is 51.0 Å². The minimum Gasteiger partial charge on any atom is -0.309 e. The molecule has 0 unspecified atom stereocenters. The van der Waals surface area contributed by atoms with Gasteiger partial charge in [0, 0.05) is 38.5 Å². The van der Waals surface area contributed by atoms with Crippen molar-refractivity contribution in [1.29, 1.82) is 0 Å². The second-order valence-electron chi connectivity index (χ2n) is 11.6. The molecule has 11 aromatic rings. The van der Waals surface area contributed by atoms with Gasteiger partial charge in [0.25, 0.3) is 0 Å². The van der Waals surface area contributed by atoms with Crippen LogP contribution in [0.2, 0.25) is 0 Å². The molecule has 0 radical (unpaired) electrons. The zero-order valence-electron chi connectivity index (χ0n) is 59.3. The molecular weight excluding hydrogens is 669 g/mol. The Kier molecular flexibility index (Phi) is 2.95. The molecule has 11 rings (SSSR count). The number of hydrogen-bond donors (Lipinski definition) is 0. The van der Waals surface area contributed by atoms with Gasteiger partial charge in [-0.1, -0.05) is 151 Å². The zero-order chi connectivity index (χ0) is 64.1. The van der Waals surface area contributed by atoms with E-state index in [2.05, 4.69) is 15.0 Å². The van der Waals surface area contributed by atoms with Crippen LogP contribution >= 0.6 is 0 Å². The predicted molar refractivity (Wildman–Crippen MR) is 228 cm³/mol. The van der Waals surface area contributed by atoms with Crippen LogP contribution in [0.3, 0.4) is 0 Å². The fourth-order valence-electron chi connectivity index (χ4n) is 6.23. The smallest absolute Gasteiger partial charge is 0.164 e. The highest BCUT2D eigenvalue weighted by atomic mass is 15.0. The normalized spacial score (nSPS) is 19.8. The van der Waals surface area contributed by atoms with Crippen molar-refractivity contribution >= 4 is 54.1 Å². The zero-order valence-corrected chi connectivity index (χ0v) is 27.3. The second kappa shape index (κ2) is 12.6. The van der Waals surface area contributed by atoms with E-state index in [9.17, 15) is 13.7 Å². The number of aromatic nitrogens is 4. The molecule has 0 fully saturated rings. The van der Waals surface area contributed by atoms with Crippen LogP contribution in [-0.4, -0.2) is 19.5 Å². The first-order valence-electron chi connectivity index (χ1n) is 32.0. The summed E-state index contributed by atoms with van der Waals surface area (Å²) in [4.78, 5) is 13.2. The largest absolute Gasteiger partial charge is 0.309 e. The van der Waals surface area contributed by atoms with Gasteiger partial charge in [-0.25, -0.2) is 15.0 Å². The first-order valence-corrected chi connectivity index (χ1v) is 16.0. The maximum Gasteiger partial charge on any atom is 0.164 e. The first-order chi connectivity index (χ1) is 40.6. The Morgan fingerprint density at radius 3 is 1.47 bits per heavy atom. The molecule has 9 aromatic carbocycles. The molecular formula is C51H32N4. The number of hydrogen-bond acceptors (Lipinski definition) is 3. The highest BCUT2D eigenvalue weighted by Gasteiger charge is 2.18. The average molecular weight is 733 g/mol. The first kappa shape index (κ1) is 12.9. The van der Waals surface area contributed by atoms with E-state index in [1.807, 2.05) is 0 Å². The third-order valence-corrected chi connectivity index (χ3v) is 8.55. The number of fused-ring (bicyclic) bond motifs is 9. The number of rotatable bonds is 5. The van der Waals surface area contributed by atoms with Gasteiger partial charge >= 0.3 is 0 Å². The van der Waals surface area contributed by atoms with Crippen molar-refractivity contribution in [2.75, 3.05) is 0 Å². The van der Waals surface area contributed by atoms with Crippen molar-refractivity contribution in [2.45, 2.75) is 0 Å². The molecule has 4 heteroatoms. The lowest BCUT2D eigenvalue weighted by Gasteiger charge is -2.15. The minimum absolute atomic E-state index is 0.532. The van der Waals surface area contributed by atoms with E-state index in [0.29, 0.717) is 4.57 Å². The van der Waals surface area contributed by atoms with Gasteiger partial charge in [0.2, 0.25) is 0 Å². The van der Waals surface area contributed by atoms with Crippen molar-refractivity contribution in [3.63, 3.8) is 0 Å². The number of nitrogens with zero attached hydrogens (tertiary/aromatic N) is 4. The lowest BCUT2D eigenvalue weighted by Crippen LogP contribution is -2.01. The van der Waals surface area contributed by atoms with Gasteiger partial charge in [-0.3, -0.25) is 0 Å². The fourth-order valence-corrected chi connectivity index (χ4v) is 6.23. The van der Waals surface area contributed by atoms with Gasteiger partial charge in [-0.2, -0.15) is 0 Å². The predicted octanol–water partition coefficient (Wildman–Crippen LogP) is 13.1. The van der Waals surface area contributed by atoms with E-state index < -0.39 is 298 Å². The van der Waals surface area contributed by atoms with Gasteiger partial charge in [0.15, 0.2) is 17.5 Å². The molecule has 2 aromatic heterocycles. The molecule has 0 saturated heterocycles. The number of para-hydroxylation sites is 1. The molecule has 0 N–H and O–H groups in total. The summed E-state index contributed by atoms with van der Waals surface area (Å²) in [6.45, 7) is 0. The molecule has 55 heavy (non-hydrogen) atoms. The average Bonchev–Trinajstić information content (AvgIpc) is 1.68. The SMILES string of the molecule is [2H]c1c([2H])c([2H])c(-c2nc(-c3c([2H])c([2H])c(-n4c5c([2H])c([2H])c([2H])c([2H])c5c5c([2H])c(-c6c([2H])c([2H])c([2H])c([2H])c6[2H])c([2H])c([2H])c54)c([2H])c3[2H])nc(-c3c([2H])c([2H])c([2H])c4c5c([2H])c([2H])c([2H])c([2H])c5c5c([2H])c([2H])c([2H])c([2H])c5c34)n2)c([2H])c1[2H]. The standard InChI is InChI=1S/C51H32N4/c1-3-14-33(15-4-1)36-28-31-47-45(32-36)41-21-11-12-25-46(41)55(47)37-29-26-35(27-30-37)50-52-49(34-16-5-2-6-17-34)53-51(54-50)44-24-13-23-43-40-19-8-7-18-38(40)39-20-9-10-22-42(39)48(43)44/h1-32H/i1D,2D,3D,4D,5D,6D,7D,8D,9D,10D,11D,12D,13D,14D,15D,16D,17D,18D,19D,20D,21D,22D,23D,24D,25D,26D,27D,28D,29D,30D,31D,32D. The lowest BCUT2D eigenvalue weighted by molar-refractivity contribution is 1.07. The molecule has 4 nitrogen and oxygen atoms in total. The maximum absolute atomic E-state index is 9.66. The summed E-state index contributed by atoms with van der Waals surface area (Å²) in [6, 6.07) is -30.6. The van der Waals surface area contributed by atoms with Gasteiger partial charge in [-0.15, -0.1) is 0 Å². The molecule has 0 aliphatic heterocycles. The Bertz CT molecular complexity index is 4990. The summed E-state index contributed by atoms with van der Waals surface area (Å²) in [7, 11) is 0. The van der Waals surface area contributed by atoms with E-state index >= 15 is 0 Å². The third kappa shape index (κ3) is 5.11. The van der Waals surface area contributed by atoms with E-state index in [4.69, 9.17) is 30.2 Å². The molecule has 0 bridgehead atoms. The van der Waals surface area contributed by atoms with Crippen LogP contribution in [-0.2, 0) is 0 Å². The van der Waals surface area contributed by atoms with Crippen LogP contribution in [0.4, 0.5) is 0 Å². The summed E-state index contributed by atoms with van der Waals surface area (Å²) in [6.07, 6.45) is 0. The molecule has 0 atom stereocenters. The molecule has 0 saturated carbocycles.